The van der Waals surface area contributed by atoms with Gasteiger partial charge in [0, 0.05) is 23.5 Å². The summed E-state index contributed by atoms with van der Waals surface area (Å²) in [5, 5.41) is 7.43. The van der Waals surface area contributed by atoms with Crippen molar-refractivity contribution < 1.29 is 18.0 Å². The third-order valence-corrected chi connectivity index (χ3v) is 4.96. The van der Waals surface area contributed by atoms with Gasteiger partial charge in [0.15, 0.2) is 0 Å². The lowest BCUT2D eigenvalue weighted by molar-refractivity contribution is -0.141. The van der Waals surface area contributed by atoms with Gasteiger partial charge in [-0.15, -0.1) is 0 Å². The smallest absolute Gasteiger partial charge is 0.345 e. The molecule has 1 amide bonds. The van der Waals surface area contributed by atoms with Crippen LogP contribution >= 0.6 is 0 Å². The summed E-state index contributed by atoms with van der Waals surface area (Å²) in [5.74, 6) is -0.175. The SMILES string of the molecule is Cc1cc(C)cc(C(=O)N[C@H]2CCc3nn(-c4ccnc(C(F)(F)F)c4)cc32)c1. The molecule has 0 aliphatic heterocycles. The number of pyridine rings is 1. The largest absolute Gasteiger partial charge is 0.433 e. The van der Waals surface area contributed by atoms with E-state index in [1.165, 1.54) is 10.7 Å². The fourth-order valence-corrected chi connectivity index (χ4v) is 3.69. The molecule has 0 fully saturated rings. The number of carbonyl (C=O) groups excluding carboxylic acids is 1. The van der Waals surface area contributed by atoms with Crippen molar-refractivity contribution in [3.63, 3.8) is 0 Å². The number of carbonyl (C=O) groups is 1. The molecule has 2 aromatic heterocycles. The van der Waals surface area contributed by atoms with Crippen LogP contribution < -0.4 is 5.32 Å². The molecule has 0 unspecified atom stereocenters. The molecule has 0 spiro atoms. The molecule has 0 bridgehead atoms. The summed E-state index contributed by atoms with van der Waals surface area (Å²) >= 11 is 0. The van der Waals surface area contributed by atoms with Gasteiger partial charge in [-0.2, -0.15) is 18.3 Å². The molecule has 1 aliphatic rings. The van der Waals surface area contributed by atoms with Crippen LogP contribution in [0.5, 0.6) is 0 Å². The molecular formula is C21H19F3N4O. The van der Waals surface area contributed by atoms with Crippen molar-refractivity contribution in [3.8, 4) is 5.69 Å². The number of rotatable bonds is 3. The molecule has 3 aromatic rings. The van der Waals surface area contributed by atoms with Crippen LogP contribution in [0.2, 0.25) is 0 Å². The Bertz CT molecular complexity index is 1070. The van der Waals surface area contributed by atoms with E-state index < -0.39 is 11.9 Å². The van der Waals surface area contributed by atoms with Crippen molar-refractivity contribution in [1.82, 2.24) is 20.1 Å². The van der Waals surface area contributed by atoms with E-state index in [0.29, 0.717) is 18.4 Å². The molecule has 29 heavy (non-hydrogen) atoms. The van der Waals surface area contributed by atoms with Crippen LogP contribution in [0.4, 0.5) is 13.2 Å². The van der Waals surface area contributed by atoms with Crippen LogP contribution in [0.15, 0.2) is 42.7 Å². The van der Waals surface area contributed by atoms with Gasteiger partial charge in [-0.05, 0) is 51.0 Å². The van der Waals surface area contributed by atoms with Gasteiger partial charge in [0.25, 0.3) is 5.91 Å². The first-order chi connectivity index (χ1) is 13.7. The number of alkyl halides is 3. The number of nitrogens with zero attached hydrogens (tertiary/aromatic N) is 3. The number of benzene rings is 1. The van der Waals surface area contributed by atoms with Gasteiger partial charge in [0.1, 0.15) is 5.69 Å². The third-order valence-electron chi connectivity index (χ3n) is 4.96. The maximum absolute atomic E-state index is 12.9. The van der Waals surface area contributed by atoms with E-state index in [-0.39, 0.29) is 17.6 Å². The van der Waals surface area contributed by atoms with E-state index in [1.54, 1.807) is 6.20 Å². The number of aryl methyl sites for hydroxylation is 3. The van der Waals surface area contributed by atoms with Gasteiger partial charge in [-0.25, -0.2) is 4.68 Å². The van der Waals surface area contributed by atoms with E-state index in [2.05, 4.69) is 15.4 Å². The maximum atomic E-state index is 12.9. The topological polar surface area (TPSA) is 59.8 Å². The van der Waals surface area contributed by atoms with Gasteiger partial charge in [0.2, 0.25) is 0 Å². The van der Waals surface area contributed by atoms with Crippen LogP contribution in [0.25, 0.3) is 5.69 Å². The normalized spacial score (nSPS) is 16.0. The van der Waals surface area contributed by atoms with Crippen LogP contribution in [0.1, 0.15) is 50.9 Å². The lowest BCUT2D eigenvalue weighted by Crippen LogP contribution is -2.27. The Morgan fingerprint density at radius 2 is 1.90 bits per heavy atom. The number of nitrogens with one attached hydrogen (secondary N) is 1. The first-order valence-electron chi connectivity index (χ1n) is 9.22. The van der Waals surface area contributed by atoms with Crippen molar-refractivity contribution in [2.24, 2.45) is 0 Å². The minimum Gasteiger partial charge on any atom is -0.345 e. The van der Waals surface area contributed by atoms with Crippen LogP contribution in [0.3, 0.4) is 0 Å². The fourth-order valence-electron chi connectivity index (χ4n) is 3.69. The highest BCUT2D eigenvalue weighted by atomic mass is 19.4. The Kier molecular flexibility index (Phi) is 4.64. The minimum absolute atomic E-state index is 0.175. The zero-order valence-corrected chi connectivity index (χ0v) is 15.9. The second kappa shape index (κ2) is 7.02. The maximum Gasteiger partial charge on any atom is 0.433 e. The molecule has 1 aromatic carbocycles. The second-order valence-electron chi connectivity index (χ2n) is 7.31. The van der Waals surface area contributed by atoms with Gasteiger partial charge in [0.05, 0.1) is 17.4 Å². The van der Waals surface area contributed by atoms with Crippen molar-refractivity contribution in [2.45, 2.75) is 38.9 Å². The number of halogens is 3. The molecule has 0 radical (unpaired) electrons. The molecule has 0 saturated carbocycles. The second-order valence-corrected chi connectivity index (χ2v) is 7.31. The summed E-state index contributed by atoms with van der Waals surface area (Å²) in [6.07, 6.45) is -0.362. The molecule has 150 valence electrons. The van der Waals surface area contributed by atoms with E-state index in [1.807, 2.05) is 32.0 Å². The Hall–Kier alpha value is -3.16. The van der Waals surface area contributed by atoms with Crippen LogP contribution in [-0.4, -0.2) is 20.7 Å². The van der Waals surface area contributed by atoms with Crippen molar-refractivity contribution in [1.29, 1.82) is 0 Å². The number of amides is 1. The average Bonchev–Trinajstić information content (AvgIpc) is 3.22. The highest BCUT2D eigenvalue weighted by Crippen LogP contribution is 2.32. The molecule has 1 N–H and O–H groups in total. The fraction of sp³-hybridized carbons (Fsp3) is 0.286. The van der Waals surface area contributed by atoms with Gasteiger partial charge >= 0.3 is 6.18 Å². The average molecular weight is 400 g/mol. The first kappa shape index (κ1) is 19.2. The van der Waals surface area contributed by atoms with E-state index in [4.69, 9.17) is 0 Å². The molecular weight excluding hydrogens is 381 g/mol. The third kappa shape index (κ3) is 3.87. The highest BCUT2D eigenvalue weighted by Gasteiger charge is 2.33. The number of hydrogen-bond acceptors (Lipinski definition) is 3. The summed E-state index contributed by atoms with van der Waals surface area (Å²) in [6.45, 7) is 3.87. The van der Waals surface area contributed by atoms with Gasteiger partial charge in [-0.3, -0.25) is 9.78 Å². The van der Waals surface area contributed by atoms with Crippen molar-refractivity contribution in [3.05, 3.63) is 76.4 Å². The molecule has 5 nitrogen and oxygen atoms in total. The molecule has 8 heteroatoms. The molecule has 1 atom stereocenters. The van der Waals surface area contributed by atoms with E-state index in [9.17, 15) is 18.0 Å². The van der Waals surface area contributed by atoms with Crippen molar-refractivity contribution in [2.75, 3.05) is 0 Å². The summed E-state index contributed by atoms with van der Waals surface area (Å²) in [4.78, 5) is 16.1. The van der Waals surface area contributed by atoms with Crippen LogP contribution in [0, 0.1) is 13.8 Å². The highest BCUT2D eigenvalue weighted by molar-refractivity contribution is 5.94. The Morgan fingerprint density at radius 3 is 2.59 bits per heavy atom. The first-order valence-corrected chi connectivity index (χ1v) is 9.22. The lowest BCUT2D eigenvalue weighted by atomic mass is 10.1. The monoisotopic (exact) mass is 400 g/mol. The predicted molar refractivity (Wildman–Crippen MR) is 101 cm³/mol. The molecule has 2 heterocycles. The summed E-state index contributed by atoms with van der Waals surface area (Å²) in [6, 6.07) is 7.87. The molecule has 4 rings (SSSR count). The quantitative estimate of drug-likeness (QED) is 0.712. The zero-order chi connectivity index (χ0) is 20.8. The van der Waals surface area contributed by atoms with Gasteiger partial charge in [-0.1, -0.05) is 17.2 Å². The Balaban J connectivity index is 1.57. The predicted octanol–water partition coefficient (Wildman–Crippen LogP) is 4.32. The molecule has 0 saturated heterocycles. The Labute approximate surface area is 165 Å². The zero-order valence-electron chi connectivity index (χ0n) is 15.9. The van der Waals surface area contributed by atoms with Crippen LogP contribution in [-0.2, 0) is 12.6 Å². The number of fused-ring (bicyclic) bond motifs is 1. The summed E-state index contributed by atoms with van der Waals surface area (Å²) in [7, 11) is 0. The Morgan fingerprint density at radius 1 is 1.17 bits per heavy atom. The number of hydrogen-bond donors (Lipinski definition) is 1. The minimum atomic E-state index is -4.52. The van der Waals surface area contributed by atoms with E-state index >= 15 is 0 Å². The van der Waals surface area contributed by atoms with Crippen molar-refractivity contribution >= 4 is 5.91 Å². The van der Waals surface area contributed by atoms with Gasteiger partial charge < -0.3 is 5.32 Å². The summed E-state index contributed by atoms with van der Waals surface area (Å²) in [5.41, 5.74) is 3.52. The standard InChI is InChI=1S/C21H19F3N4O/c1-12-7-13(2)9-14(8-12)20(29)26-17-3-4-18-16(17)11-28(27-18)15-5-6-25-19(10-15)21(22,23)24/h5-11,17H,3-4H2,1-2H3,(H,26,29)/t17-/m0/s1. The summed E-state index contributed by atoms with van der Waals surface area (Å²) < 4.78 is 40.2. The molecule has 1 aliphatic carbocycles. The lowest BCUT2D eigenvalue weighted by Gasteiger charge is -2.14. The van der Waals surface area contributed by atoms with E-state index in [0.717, 1.165) is 34.6 Å². The number of aromatic nitrogens is 3.